The van der Waals surface area contributed by atoms with Crippen molar-refractivity contribution in [2.45, 2.75) is 46.5 Å². The summed E-state index contributed by atoms with van der Waals surface area (Å²) in [6.45, 7) is 8.88. The van der Waals surface area contributed by atoms with Gasteiger partial charge in [-0.05, 0) is 54.5 Å². The van der Waals surface area contributed by atoms with E-state index in [9.17, 15) is 9.59 Å². The Bertz CT molecular complexity index is 835. The smallest absolute Gasteiger partial charge is 0.276 e. The maximum absolute atomic E-state index is 12.3. The molecular weight excluding hydrogens is 380 g/mol. The van der Waals surface area contributed by atoms with Crippen molar-refractivity contribution in [2.24, 2.45) is 5.92 Å². The second-order valence-corrected chi connectivity index (χ2v) is 7.70. The predicted octanol–water partition coefficient (Wildman–Crippen LogP) is 4.47. The summed E-state index contributed by atoms with van der Waals surface area (Å²) >= 11 is 0. The van der Waals surface area contributed by atoms with Gasteiger partial charge in [0.15, 0.2) is 6.61 Å². The molecule has 0 aliphatic carbocycles. The molecule has 0 fully saturated rings. The summed E-state index contributed by atoms with van der Waals surface area (Å²) in [4.78, 5) is 24.4. The molecule has 0 spiro atoms. The van der Waals surface area contributed by atoms with Gasteiger partial charge >= 0.3 is 0 Å². The molecule has 0 bridgehead atoms. The van der Waals surface area contributed by atoms with E-state index in [1.807, 2.05) is 24.3 Å². The Morgan fingerprint density at radius 2 is 1.73 bits per heavy atom. The van der Waals surface area contributed by atoms with Gasteiger partial charge in [0, 0.05) is 5.56 Å². The number of carbonyl (C=O) groups is 2. The lowest BCUT2D eigenvalue weighted by molar-refractivity contribution is -0.123. The van der Waals surface area contributed by atoms with Crippen molar-refractivity contribution < 1.29 is 19.1 Å². The molecule has 0 saturated heterocycles. The van der Waals surface area contributed by atoms with Gasteiger partial charge in [-0.15, -0.1) is 0 Å². The van der Waals surface area contributed by atoms with E-state index in [0.29, 0.717) is 35.5 Å². The number of benzene rings is 2. The Morgan fingerprint density at radius 3 is 2.47 bits per heavy atom. The van der Waals surface area contributed by atoms with Gasteiger partial charge in [-0.3, -0.25) is 20.4 Å². The molecule has 0 saturated carbocycles. The summed E-state index contributed by atoms with van der Waals surface area (Å²) in [6.07, 6.45) is 1.91. The second kappa shape index (κ2) is 11.9. The Labute approximate surface area is 178 Å². The number of hydrogen-bond acceptors (Lipinski definition) is 4. The Morgan fingerprint density at radius 1 is 0.967 bits per heavy atom. The second-order valence-electron chi connectivity index (χ2n) is 7.70. The third kappa shape index (κ3) is 7.43. The highest BCUT2D eigenvalue weighted by atomic mass is 16.5. The van der Waals surface area contributed by atoms with E-state index >= 15 is 0 Å². The van der Waals surface area contributed by atoms with Crippen LogP contribution in [-0.4, -0.2) is 25.0 Å². The van der Waals surface area contributed by atoms with Gasteiger partial charge in [-0.2, -0.15) is 0 Å². The van der Waals surface area contributed by atoms with Crippen molar-refractivity contribution in [3.8, 4) is 11.5 Å². The highest BCUT2D eigenvalue weighted by Crippen LogP contribution is 2.28. The van der Waals surface area contributed by atoms with E-state index < -0.39 is 11.8 Å². The van der Waals surface area contributed by atoms with Gasteiger partial charge < -0.3 is 9.47 Å². The Balaban J connectivity index is 1.83. The zero-order valence-corrected chi connectivity index (χ0v) is 18.2. The summed E-state index contributed by atoms with van der Waals surface area (Å²) < 4.78 is 11.3. The number of para-hydroxylation sites is 1. The minimum absolute atomic E-state index is 0.188. The summed E-state index contributed by atoms with van der Waals surface area (Å²) in [5, 5.41) is 0. The fourth-order valence-corrected chi connectivity index (χ4v) is 2.76. The highest BCUT2D eigenvalue weighted by Gasteiger charge is 2.12. The molecule has 0 aliphatic rings. The summed E-state index contributed by atoms with van der Waals surface area (Å²) in [5.41, 5.74) is 6.26. The van der Waals surface area contributed by atoms with E-state index in [1.54, 1.807) is 24.3 Å². The third-order valence-corrected chi connectivity index (χ3v) is 4.80. The van der Waals surface area contributed by atoms with Gasteiger partial charge in [0.1, 0.15) is 11.5 Å². The summed E-state index contributed by atoms with van der Waals surface area (Å²) in [6, 6.07) is 14.5. The van der Waals surface area contributed by atoms with Crippen LogP contribution in [0.2, 0.25) is 0 Å². The molecule has 0 aliphatic heterocycles. The number of hydrazine groups is 1. The van der Waals surface area contributed by atoms with Gasteiger partial charge in [-0.25, -0.2) is 0 Å². The van der Waals surface area contributed by atoms with Crippen LogP contribution in [0.3, 0.4) is 0 Å². The lowest BCUT2D eigenvalue weighted by atomic mass is 9.98. The fourth-order valence-electron chi connectivity index (χ4n) is 2.76. The SMILES string of the molecule is CCC(C)c1ccccc1OCC(=O)NNC(=O)c1cccc(OCCC(C)C)c1. The first-order chi connectivity index (χ1) is 14.4. The van der Waals surface area contributed by atoms with Crippen molar-refractivity contribution >= 4 is 11.8 Å². The van der Waals surface area contributed by atoms with E-state index in [-0.39, 0.29) is 6.61 Å². The molecule has 2 amide bonds. The van der Waals surface area contributed by atoms with Crippen LogP contribution in [-0.2, 0) is 4.79 Å². The lowest BCUT2D eigenvalue weighted by Gasteiger charge is -2.15. The highest BCUT2D eigenvalue weighted by molar-refractivity contribution is 5.95. The van der Waals surface area contributed by atoms with Crippen molar-refractivity contribution in [3.05, 3.63) is 59.7 Å². The molecule has 0 radical (unpaired) electrons. The normalized spacial score (nSPS) is 11.6. The fraction of sp³-hybridized carbons (Fsp3) is 0.417. The number of hydrogen-bond donors (Lipinski definition) is 2. The third-order valence-electron chi connectivity index (χ3n) is 4.80. The van der Waals surface area contributed by atoms with Crippen LogP contribution in [0, 0.1) is 5.92 Å². The van der Waals surface area contributed by atoms with Gasteiger partial charge in [-0.1, -0.05) is 52.0 Å². The number of nitrogens with one attached hydrogen (secondary N) is 2. The molecule has 1 unspecified atom stereocenters. The first-order valence-corrected chi connectivity index (χ1v) is 10.4. The van der Waals surface area contributed by atoms with E-state index in [1.165, 1.54) is 0 Å². The molecule has 162 valence electrons. The van der Waals surface area contributed by atoms with Gasteiger partial charge in [0.25, 0.3) is 11.8 Å². The van der Waals surface area contributed by atoms with E-state index in [4.69, 9.17) is 9.47 Å². The standard InChI is InChI=1S/C24H32N2O4/c1-5-18(4)21-11-6-7-12-22(21)30-16-23(27)25-26-24(28)19-9-8-10-20(15-19)29-14-13-17(2)3/h6-12,15,17-18H,5,13-14,16H2,1-4H3,(H,25,27)(H,26,28). The zero-order chi connectivity index (χ0) is 21.9. The Kier molecular flexibility index (Phi) is 9.19. The van der Waals surface area contributed by atoms with Crippen LogP contribution in [0.15, 0.2) is 48.5 Å². The maximum atomic E-state index is 12.3. The Hall–Kier alpha value is -3.02. The van der Waals surface area contributed by atoms with E-state index in [0.717, 1.165) is 18.4 Å². The summed E-state index contributed by atoms with van der Waals surface area (Å²) in [7, 11) is 0. The van der Waals surface area contributed by atoms with Crippen LogP contribution in [0.1, 0.15) is 62.4 Å². The minimum atomic E-state index is -0.438. The van der Waals surface area contributed by atoms with Crippen LogP contribution < -0.4 is 20.3 Å². The molecule has 6 nitrogen and oxygen atoms in total. The van der Waals surface area contributed by atoms with Crippen LogP contribution in [0.4, 0.5) is 0 Å². The summed E-state index contributed by atoms with van der Waals surface area (Å²) in [5.74, 6) is 1.33. The molecule has 1 atom stereocenters. The molecule has 2 rings (SSSR count). The topological polar surface area (TPSA) is 76.7 Å². The van der Waals surface area contributed by atoms with E-state index in [2.05, 4.69) is 38.5 Å². The van der Waals surface area contributed by atoms with Gasteiger partial charge in [0.05, 0.1) is 6.61 Å². The molecular formula is C24H32N2O4. The number of ether oxygens (including phenoxy) is 2. The number of carbonyl (C=O) groups excluding carboxylic acids is 2. The van der Waals surface area contributed by atoms with Crippen LogP contribution >= 0.6 is 0 Å². The first-order valence-electron chi connectivity index (χ1n) is 10.4. The van der Waals surface area contributed by atoms with Gasteiger partial charge in [0.2, 0.25) is 0 Å². The van der Waals surface area contributed by atoms with Crippen molar-refractivity contribution in [2.75, 3.05) is 13.2 Å². The molecule has 2 aromatic rings. The van der Waals surface area contributed by atoms with Crippen molar-refractivity contribution in [1.29, 1.82) is 0 Å². The molecule has 30 heavy (non-hydrogen) atoms. The van der Waals surface area contributed by atoms with Crippen LogP contribution in [0.5, 0.6) is 11.5 Å². The van der Waals surface area contributed by atoms with Crippen molar-refractivity contribution in [3.63, 3.8) is 0 Å². The monoisotopic (exact) mass is 412 g/mol. The number of amides is 2. The van der Waals surface area contributed by atoms with Crippen molar-refractivity contribution in [1.82, 2.24) is 10.9 Å². The number of rotatable bonds is 10. The first kappa shape index (κ1) is 23.3. The lowest BCUT2D eigenvalue weighted by Crippen LogP contribution is -2.43. The average Bonchev–Trinajstić information content (AvgIpc) is 2.75. The molecule has 6 heteroatoms. The minimum Gasteiger partial charge on any atom is -0.494 e. The largest absolute Gasteiger partial charge is 0.494 e. The van der Waals surface area contributed by atoms with Crippen LogP contribution in [0.25, 0.3) is 0 Å². The molecule has 2 N–H and O–H groups in total. The predicted molar refractivity (Wildman–Crippen MR) is 118 cm³/mol. The average molecular weight is 413 g/mol. The quantitative estimate of drug-likeness (QED) is 0.565. The molecule has 0 heterocycles. The zero-order valence-electron chi connectivity index (χ0n) is 18.2. The maximum Gasteiger partial charge on any atom is 0.276 e. The molecule has 0 aromatic heterocycles. The molecule has 2 aromatic carbocycles.